The number of nitrogens with zero attached hydrogens (tertiary/aromatic N) is 2. The Morgan fingerprint density at radius 1 is 1.40 bits per heavy atom. The molecule has 1 heterocycles. The normalized spacial score (nSPS) is 10.6. The minimum absolute atomic E-state index is 0.146. The molecule has 106 valence electrons. The lowest BCUT2D eigenvalue weighted by atomic mass is 10.4. The summed E-state index contributed by atoms with van der Waals surface area (Å²) in [7, 11) is 0. The standard InChI is InChI=1S/C12H11Cl2N3OS2/c1-7(18)15-12-17-16-11(20-12)4-5-19-10-6-8(13)2-3-9(10)14/h2-3,6H,4-5H2,1H3,(H,15,17,18). The molecule has 8 heteroatoms. The zero-order chi connectivity index (χ0) is 14.5. The van der Waals surface area contributed by atoms with Gasteiger partial charge in [0, 0.05) is 29.0 Å². The van der Waals surface area contributed by atoms with Gasteiger partial charge in [-0.25, -0.2) is 0 Å². The predicted octanol–water partition coefficient (Wildman–Crippen LogP) is 4.14. The van der Waals surface area contributed by atoms with Crippen molar-refractivity contribution in [3.63, 3.8) is 0 Å². The molecule has 0 atom stereocenters. The van der Waals surface area contributed by atoms with Crippen molar-refractivity contribution in [2.45, 2.75) is 18.2 Å². The Bertz CT molecular complexity index is 618. The van der Waals surface area contributed by atoms with Gasteiger partial charge in [0.25, 0.3) is 0 Å². The quantitative estimate of drug-likeness (QED) is 0.825. The summed E-state index contributed by atoms with van der Waals surface area (Å²) in [4.78, 5) is 11.8. The van der Waals surface area contributed by atoms with Crippen LogP contribution in [0.25, 0.3) is 0 Å². The van der Waals surface area contributed by atoms with Crippen LogP contribution in [-0.2, 0) is 11.2 Å². The van der Waals surface area contributed by atoms with Gasteiger partial charge in [-0.2, -0.15) is 0 Å². The van der Waals surface area contributed by atoms with Crippen molar-refractivity contribution in [1.29, 1.82) is 0 Å². The minimum Gasteiger partial charge on any atom is -0.301 e. The van der Waals surface area contributed by atoms with Gasteiger partial charge in [0.15, 0.2) is 0 Å². The van der Waals surface area contributed by atoms with Crippen molar-refractivity contribution in [3.8, 4) is 0 Å². The number of thioether (sulfide) groups is 1. The summed E-state index contributed by atoms with van der Waals surface area (Å²) in [5.74, 6) is 0.669. The summed E-state index contributed by atoms with van der Waals surface area (Å²) >= 11 is 15.0. The summed E-state index contributed by atoms with van der Waals surface area (Å²) in [6.45, 7) is 1.44. The molecule has 0 bridgehead atoms. The first-order valence-corrected chi connectivity index (χ1v) is 8.28. The van der Waals surface area contributed by atoms with E-state index < -0.39 is 0 Å². The number of anilines is 1. The van der Waals surface area contributed by atoms with E-state index in [0.717, 1.165) is 22.1 Å². The number of halogens is 2. The number of nitrogens with one attached hydrogen (secondary N) is 1. The molecule has 0 aliphatic heterocycles. The first kappa shape index (κ1) is 15.6. The van der Waals surface area contributed by atoms with Crippen LogP contribution in [0.15, 0.2) is 23.1 Å². The van der Waals surface area contributed by atoms with Crippen LogP contribution in [0.3, 0.4) is 0 Å². The zero-order valence-electron chi connectivity index (χ0n) is 10.5. The van der Waals surface area contributed by atoms with Gasteiger partial charge < -0.3 is 5.32 Å². The molecule has 0 aliphatic rings. The van der Waals surface area contributed by atoms with Gasteiger partial charge in [0.05, 0.1) is 5.02 Å². The topological polar surface area (TPSA) is 54.9 Å². The third-order valence-electron chi connectivity index (χ3n) is 2.22. The molecular formula is C12H11Cl2N3OS2. The van der Waals surface area contributed by atoms with E-state index in [1.807, 2.05) is 6.07 Å². The number of hydrogen-bond donors (Lipinski definition) is 1. The summed E-state index contributed by atoms with van der Waals surface area (Å²) in [5, 5.41) is 13.3. The summed E-state index contributed by atoms with van der Waals surface area (Å²) in [6, 6.07) is 5.39. The van der Waals surface area contributed by atoms with Crippen LogP contribution in [0.4, 0.5) is 5.13 Å². The third kappa shape index (κ3) is 4.63. The second-order valence-electron chi connectivity index (χ2n) is 3.86. The second-order valence-corrected chi connectivity index (χ2v) is 6.90. The molecule has 0 fully saturated rings. The van der Waals surface area contributed by atoms with Crippen LogP contribution in [0, 0.1) is 0 Å². The summed E-state index contributed by atoms with van der Waals surface area (Å²) in [5.41, 5.74) is 0. The number of aryl methyl sites for hydroxylation is 1. The SMILES string of the molecule is CC(=O)Nc1nnc(CCSc2cc(Cl)ccc2Cl)s1. The van der Waals surface area contributed by atoms with E-state index in [1.165, 1.54) is 18.3 Å². The molecule has 0 unspecified atom stereocenters. The van der Waals surface area contributed by atoms with E-state index >= 15 is 0 Å². The Morgan fingerprint density at radius 2 is 2.20 bits per heavy atom. The first-order valence-electron chi connectivity index (χ1n) is 5.72. The first-order chi connectivity index (χ1) is 9.54. The maximum absolute atomic E-state index is 10.9. The number of aromatic nitrogens is 2. The lowest BCUT2D eigenvalue weighted by Gasteiger charge is -2.03. The molecule has 2 aromatic rings. The lowest BCUT2D eigenvalue weighted by Crippen LogP contribution is -2.04. The van der Waals surface area contributed by atoms with Crippen LogP contribution in [0.5, 0.6) is 0 Å². The number of benzene rings is 1. The molecule has 0 saturated heterocycles. The van der Waals surface area contributed by atoms with Gasteiger partial charge in [0.2, 0.25) is 11.0 Å². The zero-order valence-corrected chi connectivity index (χ0v) is 13.7. The molecule has 1 aromatic carbocycles. The molecule has 1 N–H and O–H groups in total. The average Bonchev–Trinajstić information content (AvgIpc) is 2.80. The fourth-order valence-corrected chi connectivity index (χ4v) is 3.76. The molecule has 0 aliphatic carbocycles. The average molecular weight is 348 g/mol. The molecular weight excluding hydrogens is 337 g/mol. The van der Waals surface area contributed by atoms with Gasteiger partial charge in [-0.05, 0) is 18.2 Å². The molecule has 1 amide bonds. The molecule has 1 aromatic heterocycles. The summed E-state index contributed by atoms with van der Waals surface area (Å²) < 4.78 is 0. The minimum atomic E-state index is -0.146. The Kier molecular flexibility index (Phi) is 5.65. The van der Waals surface area contributed by atoms with Crippen LogP contribution in [0.1, 0.15) is 11.9 Å². The largest absolute Gasteiger partial charge is 0.301 e. The highest BCUT2D eigenvalue weighted by Gasteiger charge is 2.07. The smallest absolute Gasteiger partial charge is 0.223 e. The Balaban J connectivity index is 1.88. The lowest BCUT2D eigenvalue weighted by molar-refractivity contribution is -0.114. The van der Waals surface area contributed by atoms with Gasteiger partial charge in [-0.15, -0.1) is 22.0 Å². The predicted molar refractivity (Wildman–Crippen MR) is 85.1 cm³/mol. The molecule has 20 heavy (non-hydrogen) atoms. The number of carbonyl (C=O) groups excluding carboxylic acids is 1. The van der Waals surface area contributed by atoms with Gasteiger partial charge in [-0.1, -0.05) is 34.5 Å². The fourth-order valence-electron chi connectivity index (χ4n) is 1.39. The van der Waals surface area contributed by atoms with Gasteiger partial charge in [-0.3, -0.25) is 4.79 Å². The number of amides is 1. The van der Waals surface area contributed by atoms with E-state index in [0.29, 0.717) is 15.2 Å². The highest BCUT2D eigenvalue weighted by molar-refractivity contribution is 7.99. The highest BCUT2D eigenvalue weighted by Crippen LogP contribution is 2.30. The molecule has 0 spiro atoms. The van der Waals surface area contributed by atoms with Crippen molar-refractivity contribution in [3.05, 3.63) is 33.3 Å². The third-order valence-corrected chi connectivity index (χ3v) is 4.85. The Hall–Kier alpha value is -0.820. The van der Waals surface area contributed by atoms with Crippen molar-refractivity contribution >= 4 is 57.3 Å². The van der Waals surface area contributed by atoms with Crippen molar-refractivity contribution in [1.82, 2.24) is 10.2 Å². The molecule has 2 rings (SSSR count). The van der Waals surface area contributed by atoms with Crippen LogP contribution in [0.2, 0.25) is 10.0 Å². The van der Waals surface area contributed by atoms with Crippen molar-refractivity contribution < 1.29 is 4.79 Å². The van der Waals surface area contributed by atoms with E-state index in [4.69, 9.17) is 23.2 Å². The highest BCUT2D eigenvalue weighted by atomic mass is 35.5. The fraction of sp³-hybridized carbons (Fsp3) is 0.250. The van der Waals surface area contributed by atoms with Gasteiger partial charge in [0.1, 0.15) is 5.01 Å². The monoisotopic (exact) mass is 347 g/mol. The second kappa shape index (κ2) is 7.26. The molecule has 0 radical (unpaired) electrons. The van der Waals surface area contributed by atoms with Crippen LogP contribution in [-0.4, -0.2) is 21.9 Å². The van der Waals surface area contributed by atoms with Gasteiger partial charge >= 0.3 is 0 Å². The summed E-state index contributed by atoms with van der Waals surface area (Å²) in [6.07, 6.45) is 0.755. The van der Waals surface area contributed by atoms with Crippen LogP contribution >= 0.6 is 46.3 Å². The van der Waals surface area contributed by atoms with E-state index in [9.17, 15) is 4.79 Å². The van der Waals surface area contributed by atoms with E-state index in [-0.39, 0.29) is 5.91 Å². The Morgan fingerprint density at radius 3 is 2.95 bits per heavy atom. The molecule has 4 nitrogen and oxygen atoms in total. The maximum atomic E-state index is 10.9. The number of carbonyl (C=O) groups is 1. The van der Waals surface area contributed by atoms with E-state index in [2.05, 4.69) is 15.5 Å². The van der Waals surface area contributed by atoms with Crippen LogP contribution < -0.4 is 5.32 Å². The number of hydrogen-bond acceptors (Lipinski definition) is 5. The Labute approximate surface area is 134 Å². The maximum Gasteiger partial charge on any atom is 0.223 e. The molecule has 0 saturated carbocycles. The van der Waals surface area contributed by atoms with Crippen molar-refractivity contribution in [2.75, 3.05) is 11.1 Å². The van der Waals surface area contributed by atoms with Crippen molar-refractivity contribution in [2.24, 2.45) is 0 Å². The number of rotatable bonds is 5. The van der Waals surface area contributed by atoms with E-state index in [1.54, 1.807) is 23.9 Å².